The molecule has 0 spiro atoms. The maximum Gasteiger partial charge on any atom is 0.278 e. The summed E-state index contributed by atoms with van der Waals surface area (Å²) in [6.45, 7) is 4.86. The summed E-state index contributed by atoms with van der Waals surface area (Å²) < 4.78 is 22.3. The van der Waals surface area contributed by atoms with Crippen molar-refractivity contribution in [2.45, 2.75) is 51.7 Å². The van der Waals surface area contributed by atoms with Crippen LogP contribution in [0.5, 0.6) is 23.3 Å². The Balaban J connectivity index is 1.54. The summed E-state index contributed by atoms with van der Waals surface area (Å²) in [5.41, 5.74) is 0.560. The molecule has 8 heteroatoms. The van der Waals surface area contributed by atoms with Crippen LogP contribution < -0.4 is 24.3 Å². The van der Waals surface area contributed by atoms with Crippen LogP contribution in [-0.4, -0.2) is 48.3 Å². The second kappa shape index (κ2) is 10.7. The number of hydrogen-bond acceptors (Lipinski definition) is 7. The first-order valence-corrected chi connectivity index (χ1v) is 10.4. The second-order valence-electron chi connectivity index (χ2n) is 6.96. The van der Waals surface area contributed by atoms with Crippen molar-refractivity contribution in [1.29, 1.82) is 0 Å². The number of benzene rings is 1. The van der Waals surface area contributed by atoms with E-state index in [0.29, 0.717) is 42.0 Å². The third kappa shape index (κ3) is 5.52. The number of rotatable bonds is 9. The minimum atomic E-state index is -0.112. The van der Waals surface area contributed by atoms with Gasteiger partial charge in [-0.15, -0.1) is 0 Å². The highest BCUT2D eigenvalue weighted by atomic mass is 16.5. The number of carbonyl (C=O) groups excluding carboxylic acids is 1. The van der Waals surface area contributed by atoms with E-state index in [2.05, 4.69) is 15.3 Å². The zero-order chi connectivity index (χ0) is 21.3. The largest absolute Gasteiger partial charge is 0.490 e. The molecule has 0 atom stereocenters. The SMILES string of the molecule is CCOc1ccc(C(=O)NC2CCC(Oc3nccnc3OC)CC2)cc1OCC. The molecule has 30 heavy (non-hydrogen) atoms. The van der Waals surface area contributed by atoms with Crippen LogP contribution in [0.15, 0.2) is 30.6 Å². The molecule has 1 aliphatic rings. The van der Waals surface area contributed by atoms with Gasteiger partial charge in [0.15, 0.2) is 11.5 Å². The predicted octanol–water partition coefficient (Wildman–Crippen LogP) is 3.40. The highest BCUT2D eigenvalue weighted by molar-refractivity contribution is 5.95. The Bertz CT molecular complexity index is 837. The molecule has 0 radical (unpaired) electrons. The third-order valence-corrected chi connectivity index (χ3v) is 4.92. The van der Waals surface area contributed by atoms with Gasteiger partial charge in [0.2, 0.25) is 0 Å². The fraction of sp³-hybridized carbons (Fsp3) is 0.500. The molecule has 1 amide bonds. The van der Waals surface area contributed by atoms with E-state index >= 15 is 0 Å². The van der Waals surface area contributed by atoms with Gasteiger partial charge in [0.25, 0.3) is 17.7 Å². The number of nitrogens with zero attached hydrogens (tertiary/aromatic N) is 2. The maximum absolute atomic E-state index is 12.7. The minimum Gasteiger partial charge on any atom is -0.490 e. The summed E-state index contributed by atoms with van der Waals surface area (Å²) in [6.07, 6.45) is 6.46. The monoisotopic (exact) mass is 415 g/mol. The Kier molecular flexibility index (Phi) is 7.70. The lowest BCUT2D eigenvalue weighted by Gasteiger charge is -2.29. The molecule has 1 aliphatic carbocycles. The van der Waals surface area contributed by atoms with Crippen LogP contribution in [0, 0.1) is 0 Å². The van der Waals surface area contributed by atoms with Crippen molar-refractivity contribution >= 4 is 5.91 Å². The molecule has 3 rings (SSSR count). The summed E-state index contributed by atoms with van der Waals surface area (Å²) in [6, 6.07) is 5.38. The number of aromatic nitrogens is 2. The Morgan fingerprint density at radius 1 is 1.00 bits per heavy atom. The molecule has 1 saturated carbocycles. The minimum absolute atomic E-state index is 0.0267. The van der Waals surface area contributed by atoms with E-state index in [1.165, 1.54) is 0 Å². The molecule has 1 fully saturated rings. The number of nitrogens with one attached hydrogen (secondary N) is 1. The van der Waals surface area contributed by atoms with E-state index in [4.69, 9.17) is 18.9 Å². The van der Waals surface area contributed by atoms with Gasteiger partial charge < -0.3 is 24.3 Å². The van der Waals surface area contributed by atoms with E-state index in [1.807, 2.05) is 13.8 Å². The van der Waals surface area contributed by atoms with Crippen LogP contribution in [0.2, 0.25) is 0 Å². The molecular weight excluding hydrogens is 386 g/mol. The van der Waals surface area contributed by atoms with E-state index in [0.717, 1.165) is 25.7 Å². The van der Waals surface area contributed by atoms with Crippen molar-refractivity contribution in [2.75, 3.05) is 20.3 Å². The smallest absolute Gasteiger partial charge is 0.278 e. The highest BCUT2D eigenvalue weighted by Crippen LogP contribution is 2.30. The molecule has 0 saturated heterocycles. The van der Waals surface area contributed by atoms with Crippen LogP contribution in [0.3, 0.4) is 0 Å². The Morgan fingerprint density at radius 2 is 1.67 bits per heavy atom. The van der Waals surface area contributed by atoms with Gasteiger partial charge in [-0.25, -0.2) is 9.97 Å². The lowest BCUT2D eigenvalue weighted by Crippen LogP contribution is -2.39. The molecule has 1 heterocycles. The van der Waals surface area contributed by atoms with Crippen LogP contribution in [0.1, 0.15) is 49.9 Å². The lowest BCUT2D eigenvalue weighted by atomic mass is 9.92. The van der Waals surface area contributed by atoms with Gasteiger partial charge in [0.1, 0.15) is 6.10 Å². The quantitative estimate of drug-likeness (QED) is 0.671. The van der Waals surface area contributed by atoms with Gasteiger partial charge in [0.05, 0.1) is 20.3 Å². The second-order valence-corrected chi connectivity index (χ2v) is 6.96. The molecule has 1 aromatic carbocycles. The zero-order valence-electron chi connectivity index (χ0n) is 17.7. The van der Waals surface area contributed by atoms with Crippen molar-refractivity contribution in [3.05, 3.63) is 36.2 Å². The average molecular weight is 415 g/mol. The normalized spacial score (nSPS) is 18.4. The van der Waals surface area contributed by atoms with Gasteiger partial charge in [-0.3, -0.25) is 4.79 Å². The van der Waals surface area contributed by atoms with Crippen molar-refractivity contribution < 1.29 is 23.7 Å². The van der Waals surface area contributed by atoms with Gasteiger partial charge in [-0.1, -0.05) is 0 Å². The summed E-state index contributed by atoms with van der Waals surface area (Å²) in [7, 11) is 1.54. The fourth-order valence-corrected chi connectivity index (χ4v) is 3.48. The van der Waals surface area contributed by atoms with Crippen LogP contribution >= 0.6 is 0 Å². The Morgan fingerprint density at radius 3 is 2.33 bits per heavy atom. The first-order chi connectivity index (χ1) is 14.6. The number of methoxy groups -OCH3 is 1. The van der Waals surface area contributed by atoms with Crippen LogP contribution in [-0.2, 0) is 0 Å². The van der Waals surface area contributed by atoms with E-state index in [1.54, 1.807) is 37.7 Å². The number of carbonyl (C=O) groups is 1. The summed E-state index contributed by atoms with van der Waals surface area (Å²) in [5.74, 6) is 1.91. The van der Waals surface area contributed by atoms with Crippen molar-refractivity contribution in [3.8, 4) is 23.3 Å². The average Bonchev–Trinajstić information content (AvgIpc) is 2.77. The number of ether oxygens (including phenoxy) is 4. The summed E-state index contributed by atoms with van der Waals surface area (Å²) >= 11 is 0. The van der Waals surface area contributed by atoms with Crippen LogP contribution in [0.4, 0.5) is 0 Å². The first-order valence-electron chi connectivity index (χ1n) is 10.4. The first kappa shape index (κ1) is 21.7. The van der Waals surface area contributed by atoms with Gasteiger partial charge in [-0.05, 0) is 57.7 Å². The van der Waals surface area contributed by atoms with Crippen molar-refractivity contribution in [1.82, 2.24) is 15.3 Å². The topological polar surface area (TPSA) is 91.8 Å². The molecule has 2 aromatic rings. The number of amides is 1. The predicted molar refractivity (Wildman–Crippen MR) is 112 cm³/mol. The molecule has 0 bridgehead atoms. The fourth-order valence-electron chi connectivity index (χ4n) is 3.48. The maximum atomic E-state index is 12.7. The zero-order valence-corrected chi connectivity index (χ0v) is 17.7. The molecule has 162 valence electrons. The Labute approximate surface area is 176 Å². The van der Waals surface area contributed by atoms with E-state index < -0.39 is 0 Å². The highest BCUT2D eigenvalue weighted by Gasteiger charge is 2.25. The molecule has 1 aromatic heterocycles. The Hall–Kier alpha value is -3.03. The molecule has 8 nitrogen and oxygen atoms in total. The van der Waals surface area contributed by atoms with E-state index in [9.17, 15) is 4.79 Å². The van der Waals surface area contributed by atoms with Crippen molar-refractivity contribution in [3.63, 3.8) is 0 Å². The van der Waals surface area contributed by atoms with Crippen molar-refractivity contribution in [2.24, 2.45) is 0 Å². The molecule has 0 unspecified atom stereocenters. The molecule has 0 aliphatic heterocycles. The molecule has 1 N–H and O–H groups in total. The lowest BCUT2D eigenvalue weighted by molar-refractivity contribution is 0.0886. The van der Waals surface area contributed by atoms with Gasteiger partial charge in [-0.2, -0.15) is 0 Å². The molecular formula is C22H29N3O5. The number of hydrogen-bond donors (Lipinski definition) is 1. The van der Waals surface area contributed by atoms with Crippen LogP contribution in [0.25, 0.3) is 0 Å². The van der Waals surface area contributed by atoms with E-state index in [-0.39, 0.29) is 18.1 Å². The van der Waals surface area contributed by atoms with Gasteiger partial charge in [0, 0.05) is 24.0 Å². The standard InChI is InChI=1S/C22H29N3O5/c1-4-28-18-11-6-15(14-19(18)29-5-2)20(26)25-16-7-9-17(10-8-16)30-22-21(27-3)23-12-13-24-22/h6,11-14,16-17H,4-5,7-10H2,1-3H3,(H,25,26). The summed E-state index contributed by atoms with van der Waals surface area (Å²) in [5, 5.41) is 3.12. The van der Waals surface area contributed by atoms with Gasteiger partial charge >= 0.3 is 0 Å². The third-order valence-electron chi connectivity index (χ3n) is 4.92. The summed E-state index contributed by atoms with van der Waals surface area (Å²) in [4.78, 5) is 21.0.